The predicted octanol–water partition coefficient (Wildman–Crippen LogP) is 0.970. The van der Waals surface area contributed by atoms with Crippen LogP contribution in [-0.2, 0) is 9.53 Å². The van der Waals surface area contributed by atoms with Crippen molar-refractivity contribution >= 4 is 23.2 Å². The fraction of sp³-hybridized carbons (Fsp3) is 0.455. The topological polar surface area (TPSA) is 63.2 Å². The Bertz CT molecular complexity index is 419. The van der Waals surface area contributed by atoms with Gasteiger partial charge in [0.1, 0.15) is 6.10 Å². The minimum atomic E-state index is -0.472. The summed E-state index contributed by atoms with van der Waals surface area (Å²) in [5.74, 6) is -0.202. The van der Waals surface area contributed by atoms with E-state index in [0.717, 1.165) is 12.1 Å². The maximum Gasteiger partial charge on any atom is 0.254 e. The molecule has 0 spiro atoms. The van der Waals surface area contributed by atoms with Crippen LogP contribution in [0.1, 0.15) is 5.56 Å². The lowest BCUT2D eigenvalue weighted by molar-refractivity contribution is -0.128. The monoisotopic (exact) mass is 255 g/mol. The van der Waals surface area contributed by atoms with E-state index in [-0.39, 0.29) is 11.1 Å². The highest BCUT2D eigenvalue weighted by Gasteiger charge is 2.22. The Morgan fingerprint density at radius 1 is 1.71 bits per heavy atom. The number of carbonyl (C=O) groups is 1. The molecule has 1 atom stereocenters. The molecule has 1 aliphatic rings. The zero-order valence-electron chi connectivity index (χ0n) is 9.50. The largest absolute Gasteiger partial charge is 0.366 e. The molecule has 6 heteroatoms. The molecule has 2 N–H and O–H groups in total. The summed E-state index contributed by atoms with van der Waals surface area (Å²) in [5, 5.41) is 6.10. The normalized spacial score (nSPS) is 20.0. The third kappa shape index (κ3) is 3.15. The maximum atomic E-state index is 11.9. The summed E-state index contributed by atoms with van der Waals surface area (Å²) in [6.45, 7) is 3.72. The third-order valence-corrected chi connectivity index (χ3v) is 2.75. The van der Waals surface area contributed by atoms with Crippen molar-refractivity contribution in [2.24, 2.45) is 0 Å². The zero-order valence-corrected chi connectivity index (χ0v) is 10.3. The number of pyridine rings is 1. The van der Waals surface area contributed by atoms with Crippen LogP contribution >= 0.6 is 11.6 Å². The number of rotatable bonds is 2. The lowest BCUT2D eigenvalue weighted by Gasteiger charge is -2.22. The number of morpholine rings is 1. The molecule has 1 saturated heterocycles. The Hall–Kier alpha value is -1.17. The summed E-state index contributed by atoms with van der Waals surface area (Å²) in [7, 11) is 0. The van der Waals surface area contributed by atoms with Crippen LogP contribution < -0.4 is 10.6 Å². The quantitative estimate of drug-likeness (QED) is 0.773. The lowest BCUT2D eigenvalue weighted by atomic mass is 10.2. The fourth-order valence-electron chi connectivity index (χ4n) is 1.59. The van der Waals surface area contributed by atoms with Crippen molar-refractivity contribution in [2.45, 2.75) is 13.0 Å². The molecular weight excluding hydrogens is 242 g/mol. The number of carbonyl (C=O) groups excluding carboxylic acids is 1. The van der Waals surface area contributed by atoms with Crippen LogP contribution in [0.25, 0.3) is 0 Å². The molecule has 2 rings (SSSR count). The summed E-state index contributed by atoms with van der Waals surface area (Å²) in [6.07, 6.45) is 1.18. The van der Waals surface area contributed by atoms with E-state index in [1.165, 1.54) is 0 Å². The number of hydrogen-bond acceptors (Lipinski definition) is 4. The van der Waals surface area contributed by atoms with E-state index < -0.39 is 6.10 Å². The van der Waals surface area contributed by atoms with Crippen LogP contribution in [-0.4, -0.2) is 36.7 Å². The maximum absolute atomic E-state index is 11.9. The van der Waals surface area contributed by atoms with Gasteiger partial charge in [-0.15, -0.1) is 0 Å². The van der Waals surface area contributed by atoms with Crippen molar-refractivity contribution in [1.29, 1.82) is 0 Å². The van der Waals surface area contributed by atoms with Gasteiger partial charge in [-0.1, -0.05) is 11.6 Å². The molecular formula is C11H14ClN3O2. The third-order valence-electron chi connectivity index (χ3n) is 2.45. The lowest BCUT2D eigenvalue weighted by Crippen LogP contribution is -2.45. The van der Waals surface area contributed by atoms with Crippen LogP contribution in [0.3, 0.4) is 0 Å². The van der Waals surface area contributed by atoms with Crippen molar-refractivity contribution in [1.82, 2.24) is 10.3 Å². The second-order valence-electron chi connectivity index (χ2n) is 3.90. The van der Waals surface area contributed by atoms with Gasteiger partial charge in [0.05, 0.1) is 12.3 Å². The van der Waals surface area contributed by atoms with Crippen molar-refractivity contribution in [2.75, 3.05) is 25.0 Å². The number of anilines is 1. The first-order chi connectivity index (χ1) is 8.16. The van der Waals surface area contributed by atoms with Gasteiger partial charge in [-0.3, -0.25) is 4.79 Å². The Kier molecular flexibility index (Phi) is 3.93. The van der Waals surface area contributed by atoms with Gasteiger partial charge in [0.2, 0.25) is 0 Å². The molecule has 1 amide bonds. The zero-order chi connectivity index (χ0) is 12.3. The average molecular weight is 256 g/mol. The van der Waals surface area contributed by atoms with E-state index in [1.807, 2.05) is 6.92 Å². The van der Waals surface area contributed by atoms with Crippen molar-refractivity contribution < 1.29 is 9.53 Å². The molecule has 92 valence electrons. The molecule has 1 aromatic rings. The van der Waals surface area contributed by atoms with Gasteiger partial charge in [-0.05, 0) is 18.6 Å². The Morgan fingerprint density at radius 3 is 3.24 bits per heavy atom. The molecule has 0 aliphatic carbocycles. The SMILES string of the molecule is Cc1cnc(Cl)c(NC(=O)C2CNCCO2)c1. The standard InChI is InChI=1S/C11H14ClN3O2/c1-7-4-8(10(12)14-5-7)15-11(16)9-6-13-2-3-17-9/h4-5,9,13H,2-3,6H2,1H3,(H,15,16). The summed E-state index contributed by atoms with van der Waals surface area (Å²) in [5.41, 5.74) is 1.46. The van der Waals surface area contributed by atoms with E-state index in [9.17, 15) is 4.79 Å². The molecule has 1 aliphatic heterocycles. The summed E-state index contributed by atoms with van der Waals surface area (Å²) in [6, 6.07) is 1.78. The molecule has 1 aromatic heterocycles. The van der Waals surface area contributed by atoms with E-state index >= 15 is 0 Å². The van der Waals surface area contributed by atoms with Crippen LogP contribution in [0.15, 0.2) is 12.3 Å². The highest BCUT2D eigenvalue weighted by atomic mass is 35.5. The Morgan fingerprint density at radius 2 is 2.53 bits per heavy atom. The highest BCUT2D eigenvalue weighted by Crippen LogP contribution is 2.20. The first-order valence-electron chi connectivity index (χ1n) is 5.42. The molecule has 0 aromatic carbocycles. The number of amides is 1. The van der Waals surface area contributed by atoms with Crippen LogP contribution in [0.4, 0.5) is 5.69 Å². The Labute approximate surface area is 105 Å². The minimum Gasteiger partial charge on any atom is -0.366 e. The van der Waals surface area contributed by atoms with Crippen LogP contribution in [0, 0.1) is 6.92 Å². The molecule has 2 heterocycles. The molecule has 17 heavy (non-hydrogen) atoms. The number of aryl methyl sites for hydroxylation is 1. The molecule has 0 bridgehead atoms. The summed E-state index contributed by atoms with van der Waals surface area (Å²) < 4.78 is 5.34. The average Bonchev–Trinajstić information content (AvgIpc) is 2.35. The van der Waals surface area contributed by atoms with Crippen molar-refractivity contribution in [3.8, 4) is 0 Å². The molecule has 1 fully saturated rings. The summed E-state index contributed by atoms with van der Waals surface area (Å²) >= 11 is 5.90. The summed E-state index contributed by atoms with van der Waals surface area (Å²) in [4.78, 5) is 15.8. The van der Waals surface area contributed by atoms with Gasteiger partial charge in [0.25, 0.3) is 5.91 Å². The first-order valence-corrected chi connectivity index (χ1v) is 5.80. The molecule has 1 unspecified atom stereocenters. The number of nitrogens with zero attached hydrogens (tertiary/aromatic N) is 1. The fourth-order valence-corrected chi connectivity index (χ4v) is 1.74. The van der Waals surface area contributed by atoms with E-state index in [0.29, 0.717) is 18.8 Å². The van der Waals surface area contributed by atoms with Crippen LogP contribution in [0.5, 0.6) is 0 Å². The van der Waals surface area contributed by atoms with Gasteiger partial charge < -0.3 is 15.4 Å². The predicted molar refractivity (Wildman–Crippen MR) is 65.2 cm³/mol. The number of aromatic nitrogens is 1. The number of ether oxygens (including phenoxy) is 1. The first kappa shape index (κ1) is 12.3. The second kappa shape index (κ2) is 5.44. The molecule has 0 saturated carbocycles. The van der Waals surface area contributed by atoms with E-state index in [4.69, 9.17) is 16.3 Å². The molecule has 5 nitrogen and oxygen atoms in total. The minimum absolute atomic E-state index is 0.202. The van der Waals surface area contributed by atoms with Crippen molar-refractivity contribution in [3.63, 3.8) is 0 Å². The molecule has 0 radical (unpaired) electrons. The second-order valence-corrected chi connectivity index (χ2v) is 4.26. The van der Waals surface area contributed by atoms with Gasteiger partial charge >= 0.3 is 0 Å². The van der Waals surface area contributed by atoms with Gasteiger partial charge in [0, 0.05) is 19.3 Å². The van der Waals surface area contributed by atoms with E-state index in [1.54, 1.807) is 12.3 Å². The van der Waals surface area contributed by atoms with Gasteiger partial charge in [0.15, 0.2) is 5.15 Å². The van der Waals surface area contributed by atoms with Crippen molar-refractivity contribution in [3.05, 3.63) is 23.0 Å². The highest BCUT2D eigenvalue weighted by molar-refractivity contribution is 6.32. The van der Waals surface area contributed by atoms with E-state index in [2.05, 4.69) is 15.6 Å². The number of nitrogens with one attached hydrogen (secondary N) is 2. The smallest absolute Gasteiger partial charge is 0.254 e. The Balaban J connectivity index is 2.04. The number of halogens is 1. The number of hydrogen-bond donors (Lipinski definition) is 2. The van der Waals surface area contributed by atoms with Gasteiger partial charge in [-0.25, -0.2) is 4.98 Å². The van der Waals surface area contributed by atoms with Gasteiger partial charge in [-0.2, -0.15) is 0 Å². The van der Waals surface area contributed by atoms with Crippen LogP contribution in [0.2, 0.25) is 5.15 Å².